The lowest BCUT2D eigenvalue weighted by Gasteiger charge is -2.15. The molecule has 0 saturated carbocycles. The van der Waals surface area contributed by atoms with Crippen molar-refractivity contribution in [3.8, 4) is 0 Å². The number of allylic oxidation sites excluding steroid dienone is 1. The summed E-state index contributed by atoms with van der Waals surface area (Å²) in [5.74, 6) is 0. The summed E-state index contributed by atoms with van der Waals surface area (Å²) in [5, 5.41) is 6.50. The summed E-state index contributed by atoms with van der Waals surface area (Å²) in [6.45, 7) is 5.88. The van der Waals surface area contributed by atoms with E-state index >= 15 is 0 Å². The highest BCUT2D eigenvalue weighted by Gasteiger charge is 2.22. The zero-order valence-electron chi connectivity index (χ0n) is 12.1. The Morgan fingerprint density at radius 3 is 2.40 bits per heavy atom. The SMILES string of the molecule is CCOP(=O)(N/N=C(C)/C=C/c1ccccc1)OCC. The average molecular weight is 296 g/mol. The first-order valence-electron chi connectivity index (χ1n) is 6.53. The van der Waals surface area contributed by atoms with Gasteiger partial charge in [-0.3, -0.25) is 9.05 Å². The maximum absolute atomic E-state index is 12.1. The fourth-order valence-corrected chi connectivity index (χ4v) is 2.54. The van der Waals surface area contributed by atoms with Crippen LogP contribution in [0.3, 0.4) is 0 Å². The smallest absolute Gasteiger partial charge is 0.292 e. The van der Waals surface area contributed by atoms with E-state index in [1.807, 2.05) is 42.5 Å². The van der Waals surface area contributed by atoms with E-state index in [2.05, 4.69) is 10.3 Å². The second-order valence-corrected chi connectivity index (χ2v) is 5.64. The predicted molar refractivity (Wildman–Crippen MR) is 82.6 cm³/mol. The van der Waals surface area contributed by atoms with E-state index in [1.54, 1.807) is 20.8 Å². The van der Waals surface area contributed by atoms with Crippen LogP contribution in [-0.2, 0) is 13.6 Å². The molecule has 0 saturated heterocycles. The fourth-order valence-electron chi connectivity index (χ4n) is 1.39. The van der Waals surface area contributed by atoms with E-state index in [9.17, 15) is 4.57 Å². The summed E-state index contributed by atoms with van der Waals surface area (Å²) >= 11 is 0. The molecule has 20 heavy (non-hydrogen) atoms. The molecule has 1 aromatic rings. The zero-order valence-corrected chi connectivity index (χ0v) is 13.0. The van der Waals surface area contributed by atoms with E-state index < -0.39 is 7.75 Å². The number of hydrazone groups is 1. The van der Waals surface area contributed by atoms with Gasteiger partial charge in [-0.15, -0.1) is 0 Å². The molecule has 1 N–H and O–H groups in total. The van der Waals surface area contributed by atoms with Gasteiger partial charge in [-0.05, 0) is 32.4 Å². The van der Waals surface area contributed by atoms with Crippen LogP contribution in [0, 0.1) is 0 Å². The predicted octanol–water partition coefficient (Wildman–Crippen LogP) is 3.85. The molecule has 0 aliphatic carbocycles. The molecular weight excluding hydrogens is 275 g/mol. The zero-order chi connectivity index (χ0) is 14.8. The molecule has 0 atom stereocenters. The number of nitrogens with zero attached hydrogens (tertiary/aromatic N) is 1. The molecule has 1 aromatic carbocycles. The van der Waals surface area contributed by atoms with Gasteiger partial charge in [0, 0.05) is 0 Å². The Hall–Kier alpha value is -1.42. The van der Waals surface area contributed by atoms with Crippen LogP contribution in [0.5, 0.6) is 0 Å². The number of benzene rings is 1. The van der Waals surface area contributed by atoms with Crippen molar-refractivity contribution in [2.45, 2.75) is 20.8 Å². The van der Waals surface area contributed by atoms with Crippen molar-refractivity contribution in [1.82, 2.24) is 5.20 Å². The number of hydrogen-bond acceptors (Lipinski definition) is 4. The first-order chi connectivity index (χ1) is 9.59. The van der Waals surface area contributed by atoms with Crippen LogP contribution in [0.4, 0.5) is 0 Å². The van der Waals surface area contributed by atoms with Crippen molar-refractivity contribution in [3.05, 3.63) is 42.0 Å². The molecule has 0 aliphatic rings. The second kappa shape index (κ2) is 8.69. The van der Waals surface area contributed by atoms with Crippen LogP contribution in [-0.4, -0.2) is 18.9 Å². The molecule has 0 bridgehead atoms. The van der Waals surface area contributed by atoms with Gasteiger partial charge in [-0.25, -0.2) is 9.76 Å². The summed E-state index contributed by atoms with van der Waals surface area (Å²) in [5.41, 5.74) is 1.74. The van der Waals surface area contributed by atoms with Gasteiger partial charge in [0.25, 0.3) is 0 Å². The molecular formula is C14H21N2O3P. The van der Waals surface area contributed by atoms with E-state index in [0.29, 0.717) is 18.9 Å². The Balaban J connectivity index is 2.64. The van der Waals surface area contributed by atoms with Crippen molar-refractivity contribution < 1.29 is 13.6 Å². The number of rotatable bonds is 8. The summed E-state index contributed by atoms with van der Waals surface area (Å²) < 4.78 is 22.3. The lowest BCUT2D eigenvalue weighted by atomic mass is 10.2. The quantitative estimate of drug-likeness (QED) is 0.450. The lowest BCUT2D eigenvalue weighted by Crippen LogP contribution is -2.10. The average Bonchev–Trinajstić information content (AvgIpc) is 2.45. The minimum Gasteiger partial charge on any atom is -0.292 e. The molecule has 110 valence electrons. The van der Waals surface area contributed by atoms with Crippen molar-refractivity contribution in [3.63, 3.8) is 0 Å². The van der Waals surface area contributed by atoms with Crippen LogP contribution in [0.25, 0.3) is 6.08 Å². The Bertz CT molecular complexity index is 490. The topological polar surface area (TPSA) is 59.9 Å². The Kier molecular flexibility index (Phi) is 7.23. The summed E-state index contributed by atoms with van der Waals surface area (Å²) in [6.07, 6.45) is 3.75. The summed E-state index contributed by atoms with van der Waals surface area (Å²) in [6, 6.07) is 9.86. The van der Waals surface area contributed by atoms with Gasteiger partial charge < -0.3 is 0 Å². The first kappa shape index (κ1) is 16.6. The van der Waals surface area contributed by atoms with Crippen molar-refractivity contribution >= 4 is 19.5 Å². The van der Waals surface area contributed by atoms with E-state index in [0.717, 1.165) is 5.56 Å². The lowest BCUT2D eigenvalue weighted by molar-refractivity contribution is 0.211. The van der Waals surface area contributed by atoms with Gasteiger partial charge in [0.15, 0.2) is 0 Å². The molecule has 0 aromatic heterocycles. The molecule has 0 heterocycles. The van der Waals surface area contributed by atoms with Crippen LogP contribution >= 0.6 is 7.75 Å². The van der Waals surface area contributed by atoms with Gasteiger partial charge in [-0.2, -0.15) is 5.10 Å². The highest BCUT2D eigenvalue weighted by molar-refractivity contribution is 7.51. The number of nitrogens with one attached hydrogen (secondary N) is 1. The van der Waals surface area contributed by atoms with Gasteiger partial charge in [0.1, 0.15) is 0 Å². The molecule has 0 amide bonds. The Morgan fingerprint density at radius 1 is 1.25 bits per heavy atom. The Labute approximate surface area is 120 Å². The number of hydrogen-bond donors (Lipinski definition) is 1. The van der Waals surface area contributed by atoms with E-state index in [-0.39, 0.29) is 0 Å². The van der Waals surface area contributed by atoms with Crippen molar-refractivity contribution in [2.75, 3.05) is 13.2 Å². The van der Waals surface area contributed by atoms with Crippen molar-refractivity contribution in [2.24, 2.45) is 5.10 Å². The van der Waals surface area contributed by atoms with Crippen LogP contribution in [0.15, 0.2) is 41.5 Å². The third-order valence-electron chi connectivity index (χ3n) is 2.26. The molecule has 5 nitrogen and oxygen atoms in total. The van der Waals surface area contributed by atoms with E-state index in [1.165, 1.54) is 0 Å². The third kappa shape index (κ3) is 6.15. The molecule has 0 aliphatic heterocycles. The fraction of sp³-hybridized carbons (Fsp3) is 0.357. The normalized spacial score (nSPS) is 12.8. The maximum Gasteiger partial charge on any atom is 0.448 e. The highest BCUT2D eigenvalue weighted by Crippen LogP contribution is 2.43. The van der Waals surface area contributed by atoms with Gasteiger partial charge >= 0.3 is 7.75 Å². The van der Waals surface area contributed by atoms with Crippen LogP contribution < -0.4 is 5.20 Å². The molecule has 0 spiro atoms. The summed E-state index contributed by atoms with van der Waals surface area (Å²) in [4.78, 5) is 0. The van der Waals surface area contributed by atoms with Crippen LogP contribution in [0.2, 0.25) is 0 Å². The standard InChI is InChI=1S/C14H21N2O3P/c1-4-18-20(17,19-5-2)16-15-13(3)11-12-14-9-7-6-8-10-14/h6-12H,4-5H2,1-3H3,(H,16,17)/b12-11+,15-13+. The van der Waals surface area contributed by atoms with Gasteiger partial charge in [-0.1, -0.05) is 36.4 Å². The molecule has 6 heteroatoms. The summed E-state index contributed by atoms with van der Waals surface area (Å²) in [7, 11) is -3.34. The van der Waals surface area contributed by atoms with E-state index in [4.69, 9.17) is 9.05 Å². The van der Waals surface area contributed by atoms with Gasteiger partial charge in [0.05, 0.1) is 18.9 Å². The third-order valence-corrected chi connectivity index (χ3v) is 3.80. The maximum atomic E-state index is 12.1. The van der Waals surface area contributed by atoms with Crippen molar-refractivity contribution in [1.29, 1.82) is 0 Å². The molecule has 0 radical (unpaired) electrons. The monoisotopic (exact) mass is 296 g/mol. The Morgan fingerprint density at radius 2 is 1.85 bits per heavy atom. The van der Waals surface area contributed by atoms with Gasteiger partial charge in [0.2, 0.25) is 0 Å². The first-order valence-corrected chi connectivity index (χ1v) is 8.07. The second-order valence-electron chi connectivity index (χ2n) is 3.93. The van der Waals surface area contributed by atoms with Crippen LogP contribution in [0.1, 0.15) is 26.3 Å². The molecule has 1 rings (SSSR count). The minimum absolute atomic E-state index is 0.290. The highest BCUT2D eigenvalue weighted by atomic mass is 31.2. The molecule has 0 unspecified atom stereocenters. The largest absolute Gasteiger partial charge is 0.448 e. The molecule has 0 fully saturated rings. The minimum atomic E-state index is -3.34.